The van der Waals surface area contributed by atoms with Gasteiger partial charge in [0.15, 0.2) is 11.6 Å². The van der Waals surface area contributed by atoms with E-state index in [0.717, 1.165) is 18.4 Å². The quantitative estimate of drug-likeness (QED) is 0.787. The van der Waals surface area contributed by atoms with Gasteiger partial charge in [-0.1, -0.05) is 32.4 Å². The normalized spacial score (nSPS) is 12.5. The Labute approximate surface area is 103 Å². The number of halogens is 1. The molecule has 0 saturated heterocycles. The summed E-state index contributed by atoms with van der Waals surface area (Å²) in [5.74, 6) is 0.577. The molecule has 0 aromatic heterocycles. The molecule has 1 unspecified atom stereocenters. The minimum atomic E-state index is -0.276. The summed E-state index contributed by atoms with van der Waals surface area (Å²) >= 11 is 0. The smallest absolute Gasteiger partial charge is 0.165 e. The zero-order valence-electron chi connectivity index (χ0n) is 10.9. The first-order valence-corrected chi connectivity index (χ1v) is 6.23. The molecule has 0 saturated carbocycles. The third-order valence-electron chi connectivity index (χ3n) is 2.71. The van der Waals surface area contributed by atoms with E-state index in [9.17, 15) is 4.39 Å². The average molecular weight is 239 g/mol. The van der Waals surface area contributed by atoms with Crippen LogP contribution in [0.25, 0.3) is 0 Å². The van der Waals surface area contributed by atoms with Crippen LogP contribution in [-0.4, -0.2) is 13.7 Å². The SMILES string of the molecule is CCCC(C)COc1c(F)cccc1CNC. The van der Waals surface area contributed by atoms with Crippen molar-refractivity contribution < 1.29 is 9.13 Å². The van der Waals surface area contributed by atoms with Gasteiger partial charge in [0.1, 0.15) is 0 Å². The first-order valence-electron chi connectivity index (χ1n) is 6.23. The molecule has 1 rings (SSSR count). The van der Waals surface area contributed by atoms with Crippen molar-refractivity contribution in [2.45, 2.75) is 33.2 Å². The topological polar surface area (TPSA) is 21.3 Å². The van der Waals surface area contributed by atoms with Gasteiger partial charge >= 0.3 is 0 Å². The van der Waals surface area contributed by atoms with Crippen molar-refractivity contribution in [3.8, 4) is 5.75 Å². The van der Waals surface area contributed by atoms with Gasteiger partial charge in [0.25, 0.3) is 0 Å². The third kappa shape index (κ3) is 4.35. The second-order valence-electron chi connectivity index (χ2n) is 4.46. The number of hydrogen-bond acceptors (Lipinski definition) is 2. The number of benzene rings is 1. The van der Waals surface area contributed by atoms with E-state index in [1.807, 2.05) is 13.1 Å². The Kier molecular flexibility index (Phi) is 5.98. The average Bonchev–Trinajstić information content (AvgIpc) is 2.29. The molecule has 0 amide bonds. The van der Waals surface area contributed by atoms with Gasteiger partial charge in [-0.15, -0.1) is 0 Å². The molecule has 0 heterocycles. The number of hydrogen-bond donors (Lipinski definition) is 1. The molecule has 1 atom stereocenters. The molecule has 1 N–H and O–H groups in total. The molecular weight excluding hydrogens is 217 g/mol. The minimum Gasteiger partial charge on any atom is -0.490 e. The van der Waals surface area contributed by atoms with Gasteiger partial charge in [0.05, 0.1) is 6.61 Å². The van der Waals surface area contributed by atoms with Crippen LogP contribution in [0.5, 0.6) is 5.75 Å². The van der Waals surface area contributed by atoms with Crippen molar-refractivity contribution in [1.29, 1.82) is 0 Å². The maximum Gasteiger partial charge on any atom is 0.165 e. The van der Waals surface area contributed by atoms with E-state index in [1.54, 1.807) is 6.07 Å². The molecule has 0 aliphatic rings. The highest BCUT2D eigenvalue weighted by Crippen LogP contribution is 2.23. The summed E-state index contributed by atoms with van der Waals surface area (Å²) in [6, 6.07) is 5.04. The van der Waals surface area contributed by atoms with Crippen molar-refractivity contribution in [2.75, 3.05) is 13.7 Å². The van der Waals surface area contributed by atoms with E-state index >= 15 is 0 Å². The zero-order valence-corrected chi connectivity index (χ0v) is 10.9. The van der Waals surface area contributed by atoms with Crippen molar-refractivity contribution >= 4 is 0 Å². The van der Waals surface area contributed by atoms with E-state index < -0.39 is 0 Å². The van der Waals surface area contributed by atoms with Crippen molar-refractivity contribution in [1.82, 2.24) is 5.32 Å². The van der Waals surface area contributed by atoms with Crippen molar-refractivity contribution in [3.05, 3.63) is 29.6 Å². The molecule has 2 nitrogen and oxygen atoms in total. The molecule has 0 radical (unpaired) electrons. The fourth-order valence-corrected chi connectivity index (χ4v) is 1.85. The van der Waals surface area contributed by atoms with Gasteiger partial charge in [-0.05, 0) is 25.5 Å². The van der Waals surface area contributed by atoms with Crippen LogP contribution < -0.4 is 10.1 Å². The molecule has 3 heteroatoms. The van der Waals surface area contributed by atoms with E-state index in [0.29, 0.717) is 24.8 Å². The Bertz CT molecular complexity index is 341. The maximum atomic E-state index is 13.7. The van der Waals surface area contributed by atoms with Crippen LogP contribution in [0.3, 0.4) is 0 Å². The molecule has 96 valence electrons. The molecule has 1 aromatic carbocycles. The first-order chi connectivity index (χ1) is 8.19. The highest BCUT2D eigenvalue weighted by molar-refractivity contribution is 5.34. The molecule has 0 spiro atoms. The lowest BCUT2D eigenvalue weighted by Gasteiger charge is -2.15. The molecule has 0 fully saturated rings. The molecule has 0 aliphatic heterocycles. The van der Waals surface area contributed by atoms with Gasteiger partial charge in [0.2, 0.25) is 0 Å². The van der Waals surface area contributed by atoms with E-state index in [-0.39, 0.29) is 5.82 Å². The number of para-hydroxylation sites is 1. The van der Waals surface area contributed by atoms with Gasteiger partial charge in [-0.3, -0.25) is 0 Å². The Morgan fingerprint density at radius 2 is 2.18 bits per heavy atom. The largest absolute Gasteiger partial charge is 0.490 e. The maximum absolute atomic E-state index is 13.7. The fourth-order valence-electron chi connectivity index (χ4n) is 1.85. The van der Waals surface area contributed by atoms with Crippen LogP contribution in [0.15, 0.2) is 18.2 Å². The molecule has 1 aromatic rings. The van der Waals surface area contributed by atoms with Gasteiger partial charge in [-0.2, -0.15) is 0 Å². The fraction of sp³-hybridized carbons (Fsp3) is 0.571. The zero-order chi connectivity index (χ0) is 12.7. The highest BCUT2D eigenvalue weighted by atomic mass is 19.1. The van der Waals surface area contributed by atoms with Crippen LogP contribution in [0, 0.1) is 11.7 Å². The molecule has 17 heavy (non-hydrogen) atoms. The predicted octanol–water partition coefficient (Wildman–Crippen LogP) is 3.36. The number of ether oxygens (including phenoxy) is 1. The lowest BCUT2D eigenvalue weighted by molar-refractivity contribution is 0.239. The molecule has 0 bridgehead atoms. The predicted molar refractivity (Wildman–Crippen MR) is 68.7 cm³/mol. The Hall–Kier alpha value is -1.09. The second kappa shape index (κ2) is 7.28. The molecular formula is C14H22FNO. The highest BCUT2D eigenvalue weighted by Gasteiger charge is 2.10. The summed E-state index contributed by atoms with van der Waals surface area (Å²) < 4.78 is 19.3. The van der Waals surface area contributed by atoms with E-state index in [4.69, 9.17) is 4.74 Å². The van der Waals surface area contributed by atoms with Crippen LogP contribution >= 0.6 is 0 Å². The van der Waals surface area contributed by atoms with Gasteiger partial charge in [-0.25, -0.2) is 4.39 Å². The van der Waals surface area contributed by atoms with Gasteiger partial charge in [0, 0.05) is 12.1 Å². The number of rotatable bonds is 7. The Morgan fingerprint density at radius 3 is 2.82 bits per heavy atom. The number of nitrogens with one attached hydrogen (secondary N) is 1. The monoisotopic (exact) mass is 239 g/mol. The van der Waals surface area contributed by atoms with E-state index in [1.165, 1.54) is 6.07 Å². The standard InChI is InChI=1S/C14H22FNO/c1-4-6-11(2)10-17-14-12(9-16-3)7-5-8-13(14)15/h5,7-8,11,16H,4,6,9-10H2,1-3H3. The van der Waals surface area contributed by atoms with E-state index in [2.05, 4.69) is 19.2 Å². The summed E-state index contributed by atoms with van der Waals surface area (Å²) in [4.78, 5) is 0. The lowest BCUT2D eigenvalue weighted by atomic mass is 10.1. The second-order valence-corrected chi connectivity index (χ2v) is 4.46. The minimum absolute atomic E-state index is 0.276. The van der Waals surface area contributed by atoms with Crippen LogP contribution in [0.1, 0.15) is 32.3 Å². The first kappa shape index (κ1) is 14.0. The Balaban J connectivity index is 2.68. The Morgan fingerprint density at radius 1 is 1.41 bits per heavy atom. The summed E-state index contributed by atoms with van der Waals surface area (Å²) in [5, 5.41) is 3.02. The lowest BCUT2D eigenvalue weighted by Crippen LogP contribution is -2.13. The summed E-state index contributed by atoms with van der Waals surface area (Å²) in [6.45, 7) is 5.47. The van der Waals surface area contributed by atoms with Crippen molar-refractivity contribution in [3.63, 3.8) is 0 Å². The van der Waals surface area contributed by atoms with Gasteiger partial charge < -0.3 is 10.1 Å². The van der Waals surface area contributed by atoms with Crippen LogP contribution in [0.2, 0.25) is 0 Å². The molecule has 0 aliphatic carbocycles. The summed E-state index contributed by atoms with van der Waals surface area (Å²) in [5.41, 5.74) is 0.871. The summed E-state index contributed by atoms with van der Waals surface area (Å²) in [6.07, 6.45) is 2.24. The van der Waals surface area contributed by atoms with Crippen LogP contribution in [-0.2, 0) is 6.54 Å². The van der Waals surface area contributed by atoms with Crippen LogP contribution in [0.4, 0.5) is 4.39 Å². The van der Waals surface area contributed by atoms with Crippen molar-refractivity contribution in [2.24, 2.45) is 5.92 Å². The summed E-state index contributed by atoms with van der Waals surface area (Å²) in [7, 11) is 1.84. The third-order valence-corrected chi connectivity index (χ3v) is 2.71.